The van der Waals surface area contributed by atoms with E-state index < -0.39 is 0 Å². The van der Waals surface area contributed by atoms with E-state index in [0.29, 0.717) is 18.1 Å². The van der Waals surface area contributed by atoms with Gasteiger partial charge in [-0.3, -0.25) is 4.79 Å². The smallest absolute Gasteiger partial charge is 0.273 e. The second kappa shape index (κ2) is 8.07. The Kier molecular flexibility index (Phi) is 5.18. The van der Waals surface area contributed by atoms with E-state index in [9.17, 15) is 4.79 Å². The third-order valence-electron chi connectivity index (χ3n) is 4.70. The summed E-state index contributed by atoms with van der Waals surface area (Å²) in [4.78, 5) is 19.2. The lowest BCUT2D eigenvalue weighted by Crippen LogP contribution is -2.25. The van der Waals surface area contributed by atoms with Crippen molar-refractivity contribution >= 4 is 11.7 Å². The van der Waals surface area contributed by atoms with Crippen molar-refractivity contribution in [2.75, 3.05) is 18.0 Å². The minimum absolute atomic E-state index is 0.218. The molecule has 1 aliphatic rings. The Morgan fingerprint density at radius 1 is 1.11 bits per heavy atom. The first-order valence-corrected chi connectivity index (χ1v) is 9.28. The lowest BCUT2D eigenvalue weighted by atomic mass is 10.2. The zero-order chi connectivity index (χ0) is 18.5. The Morgan fingerprint density at radius 2 is 1.96 bits per heavy atom. The molecule has 4 heterocycles. The van der Waals surface area contributed by atoms with Gasteiger partial charge in [0, 0.05) is 31.9 Å². The van der Waals surface area contributed by atoms with Gasteiger partial charge in [-0.25, -0.2) is 4.98 Å². The van der Waals surface area contributed by atoms with E-state index in [1.54, 1.807) is 24.5 Å². The lowest BCUT2D eigenvalue weighted by molar-refractivity contribution is 0.0942. The molecular formula is C20H22N4O3. The first-order valence-electron chi connectivity index (χ1n) is 9.28. The van der Waals surface area contributed by atoms with Gasteiger partial charge in [-0.05, 0) is 36.6 Å². The second-order valence-corrected chi connectivity index (χ2v) is 6.66. The Hall–Kier alpha value is -3.09. The number of furan rings is 1. The average Bonchev–Trinajstić information content (AvgIpc) is 3.33. The molecular weight excluding hydrogens is 344 g/mol. The maximum Gasteiger partial charge on any atom is 0.273 e. The van der Waals surface area contributed by atoms with Crippen LogP contribution < -0.4 is 10.2 Å². The monoisotopic (exact) mass is 366 g/mol. The Balaban J connectivity index is 1.33. The Bertz CT molecular complexity index is 863. The normalized spacial score (nSPS) is 14.7. The molecule has 0 saturated carbocycles. The third kappa shape index (κ3) is 4.19. The topological polar surface area (TPSA) is 84.4 Å². The molecule has 0 bridgehead atoms. The van der Waals surface area contributed by atoms with Crippen molar-refractivity contribution < 1.29 is 13.7 Å². The summed E-state index contributed by atoms with van der Waals surface area (Å²) in [5.74, 6) is 1.67. The largest absolute Gasteiger partial charge is 0.461 e. The molecule has 140 valence electrons. The number of rotatable bonds is 5. The molecule has 0 unspecified atom stereocenters. The van der Waals surface area contributed by atoms with Crippen LogP contribution in [0.15, 0.2) is 51.7 Å². The number of carbonyl (C=O) groups is 1. The van der Waals surface area contributed by atoms with Gasteiger partial charge in [0.1, 0.15) is 5.82 Å². The number of pyridine rings is 1. The van der Waals surface area contributed by atoms with Crippen LogP contribution in [0.5, 0.6) is 0 Å². The van der Waals surface area contributed by atoms with Crippen LogP contribution in [0.2, 0.25) is 0 Å². The highest BCUT2D eigenvalue weighted by atomic mass is 16.5. The zero-order valence-electron chi connectivity index (χ0n) is 15.1. The van der Waals surface area contributed by atoms with E-state index in [0.717, 1.165) is 24.5 Å². The van der Waals surface area contributed by atoms with Crippen LogP contribution in [0.25, 0.3) is 11.5 Å². The molecule has 27 heavy (non-hydrogen) atoms. The zero-order valence-corrected chi connectivity index (χ0v) is 15.1. The van der Waals surface area contributed by atoms with Crippen LogP contribution in [0.3, 0.4) is 0 Å². The van der Waals surface area contributed by atoms with Gasteiger partial charge in [0.25, 0.3) is 5.91 Å². The maximum atomic E-state index is 12.3. The predicted octanol–water partition coefficient (Wildman–Crippen LogP) is 3.64. The molecule has 0 aliphatic carbocycles. The number of nitrogens with one attached hydrogen (secondary N) is 1. The van der Waals surface area contributed by atoms with Gasteiger partial charge >= 0.3 is 0 Å². The summed E-state index contributed by atoms with van der Waals surface area (Å²) in [6, 6.07) is 9.09. The number of carbonyl (C=O) groups excluding carboxylic acids is 1. The highest BCUT2D eigenvalue weighted by molar-refractivity contribution is 5.92. The van der Waals surface area contributed by atoms with E-state index in [2.05, 4.69) is 20.4 Å². The number of anilines is 1. The minimum atomic E-state index is -0.298. The van der Waals surface area contributed by atoms with Gasteiger partial charge in [-0.15, -0.1) is 0 Å². The van der Waals surface area contributed by atoms with Gasteiger partial charge in [0.05, 0.1) is 6.26 Å². The highest BCUT2D eigenvalue weighted by Gasteiger charge is 2.15. The second-order valence-electron chi connectivity index (χ2n) is 6.66. The predicted molar refractivity (Wildman–Crippen MR) is 100 cm³/mol. The SMILES string of the molecule is O=C(NCc1ccc(N2CCCCCC2)nc1)c1cc(-c2ccco2)on1. The first-order chi connectivity index (χ1) is 13.3. The van der Waals surface area contributed by atoms with Crippen molar-refractivity contribution in [2.45, 2.75) is 32.2 Å². The van der Waals surface area contributed by atoms with Crippen LogP contribution in [-0.2, 0) is 6.54 Å². The summed E-state index contributed by atoms with van der Waals surface area (Å²) >= 11 is 0. The summed E-state index contributed by atoms with van der Waals surface area (Å²) < 4.78 is 10.4. The summed E-state index contributed by atoms with van der Waals surface area (Å²) in [5.41, 5.74) is 1.16. The molecule has 7 heteroatoms. The summed E-state index contributed by atoms with van der Waals surface area (Å²) in [7, 11) is 0. The fourth-order valence-corrected chi connectivity index (χ4v) is 3.20. The van der Waals surface area contributed by atoms with E-state index in [1.165, 1.54) is 25.7 Å². The van der Waals surface area contributed by atoms with Crippen LogP contribution in [0, 0.1) is 0 Å². The maximum absolute atomic E-state index is 12.3. The highest BCUT2D eigenvalue weighted by Crippen LogP contribution is 2.21. The van der Waals surface area contributed by atoms with Crippen molar-refractivity contribution in [3.8, 4) is 11.5 Å². The van der Waals surface area contributed by atoms with E-state index in [1.807, 2.05) is 18.3 Å². The van der Waals surface area contributed by atoms with E-state index in [4.69, 9.17) is 8.94 Å². The fourth-order valence-electron chi connectivity index (χ4n) is 3.20. The summed E-state index contributed by atoms with van der Waals surface area (Å²) in [6.45, 7) is 2.51. The lowest BCUT2D eigenvalue weighted by Gasteiger charge is -2.21. The minimum Gasteiger partial charge on any atom is -0.461 e. The fraction of sp³-hybridized carbons (Fsp3) is 0.350. The Labute approximate surface area is 157 Å². The van der Waals surface area contributed by atoms with E-state index >= 15 is 0 Å². The number of hydrogen-bond acceptors (Lipinski definition) is 6. The number of aromatic nitrogens is 2. The van der Waals surface area contributed by atoms with Crippen molar-refractivity contribution in [1.29, 1.82) is 0 Å². The summed E-state index contributed by atoms with van der Waals surface area (Å²) in [5, 5.41) is 6.64. The molecule has 0 aromatic carbocycles. The molecule has 1 aliphatic heterocycles. The molecule has 0 radical (unpaired) electrons. The third-order valence-corrected chi connectivity index (χ3v) is 4.70. The average molecular weight is 366 g/mol. The molecule has 1 fully saturated rings. The number of hydrogen-bond donors (Lipinski definition) is 1. The molecule has 3 aromatic heterocycles. The quantitative estimate of drug-likeness (QED) is 0.742. The van der Waals surface area contributed by atoms with Crippen molar-refractivity contribution in [3.63, 3.8) is 0 Å². The molecule has 0 atom stereocenters. The number of nitrogens with zero attached hydrogens (tertiary/aromatic N) is 3. The molecule has 1 amide bonds. The summed E-state index contributed by atoms with van der Waals surface area (Å²) in [6.07, 6.45) is 8.39. The van der Waals surface area contributed by atoms with Crippen LogP contribution >= 0.6 is 0 Å². The van der Waals surface area contributed by atoms with Crippen LogP contribution in [0.1, 0.15) is 41.7 Å². The van der Waals surface area contributed by atoms with Crippen molar-refractivity contribution in [2.24, 2.45) is 0 Å². The molecule has 1 saturated heterocycles. The van der Waals surface area contributed by atoms with Gasteiger partial charge in [0.15, 0.2) is 11.5 Å². The first kappa shape index (κ1) is 17.3. The van der Waals surface area contributed by atoms with Gasteiger partial charge in [-0.2, -0.15) is 0 Å². The van der Waals surface area contributed by atoms with Crippen molar-refractivity contribution in [1.82, 2.24) is 15.5 Å². The molecule has 7 nitrogen and oxygen atoms in total. The van der Waals surface area contributed by atoms with E-state index in [-0.39, 0.29) is 11.6 Å². The van der Waals surface area contributed by atoms with Crippen molar-refractivity contribution in [3.05, 3.63) is 54.0 Å². The molecule has 0 spiro atoms. The van der Waals surface area contributed by atoms with Crippen LogP contribution in [-0.4, -0.2) is 29.1 Å². The van der Waals surface area contributed by atoms with Gasteiger partial charge < -0.3 is 19.2 Å². The molecule has 1 N–H and O–H groups in total. The molecule has 3 aromatic rings. The number of amides is 1. The van der Waals surface area contributed by atoms with Gasteiger partial charge in [0.2, 0.25) is 5.76 Å². The molecule has 4 rings (SSSR count). The Morgan fingerprint density at radius 3 is 2.67 bits per heavy atom. The van der Waals surface area contributed by atoms with Crippen LogP contribution in [0.4, 0.5) is 5.82 Å². The van der Waals surface area contributed by atoms with Gasteiger partial charge in [-0.1, -0.05) is 24.1 Å². The standard InChI is InChI=1S/C20H22N4O3/c25-20(16-12-18(27-23-16)17-6-5-11-26-17)22-14-15-7-8-19(21-13-15)24-9-3-1-2-4-10-24/h5-8,11-13H,1-4,9-10,14H2,(H,22,25).